The number of rotatable bonds is 5. The molecule has 0 N–H and O–H groups in total. The van der Waals surface area contributed by atoms with E-state index in [2.05, 4.69) is 36.4 Å². The van der Waals surface area contributed by atoms with Crippen LogP contribution in [-0.2, 0) is 16.2 Å². The van der Waals surface area contributed by atoms with Crippen molar-refractivity contribution in [3.63, 3.8) is 0 Å². The number of amides is 1. The second-order valence-corrected chi connectivity index (χ2v) is 9.27. The Morgan fingerprint density at radius 3 is 2.56 bits per heavy atom. The number of hydroxylamine groups is 2. The summed E-state index contributed by atoms with van der Waals surface area (Å²) in [7, 11) is 0. The Morgan fingerprint density at radius 1 is 1.24 bits per heavy atom. The number of hydrogen-bond acceptors (Lipinski definition) is 2. The van der Waals surface area contributed by atoms with Crippen molar-refractivity contribution in [2.24, 2.45) is 11.3 Å². The lowest BCUT2D eigenvalue weighted by Gasteiger charge is -2.31. The molecule has 2 fully saturated rings. The van der Waals surface area contributed by atoms with Gasteiger partial charge in [0, 0.05) is 0 Å². The van der Waals surface area contributed by atoms with Gasteiger partial charge < -0.3 is 0 Å². The highest BCUT2D eigenvalue weighted by Gasteiger charge is 2.49. The minimum atomic E-state index is -0.399. The molecule has 0 bridgehead atoms. The second kappa shape index (κ2) is 8.21. The summed E-state index contributed by atoms with van der Waals surface area (Å²) >= 11 is 2.37. The molecule has 4 heteroatoms. The second-order valence-electron chi connectivity index (χ2n) is 7.65. The number of halogens is 1. The van der Waals surface area contributed by atoms with Gasteiger partial charge >= 0.3 is 0 Å². The predicted octanol–water partition coefficient (Wildman–Crippen LogP) is 5.65. The molecule has 0 spiro atoms. The molecule has 1 aromatic rings. The van der Waals surface area contributed by atoms with Crippen molar-refractivity contribution in [2.45, 2.75) is 59.0 Å². The number of carbonyl (C=O) groups excluding carboxylic acids is 1. The van der Waals surface area contributed by atoms with Crippen LogP contribution in [0.5, 0.6) is 0 Å². The highest BCUT2D eigenvalue weighted by Crippen LogP contribution is 2.47. The molecule has 1 aromatic carbocycles. The fourth-order valence-electron chi connectivity index (χ4n) is 4.29. The lowest BCUT2D eigenvalue weighted by atomic mass is 9.72. The van der Waals surface area contributed by atoms with Gasteiger partial charge in [0.2, 0.25) is 0 Å². The highest BCUT2D eigenvalue weighted by molar-refractivity contribution is 14.1. The zero-order valence-corrected chi connectivity index (χ0v) is 17.4. The van der Waals surface area contributed by atoms with Crippen molar-refractivity contribution in [2.75, 3.05) is 6.54 Å². The lowest BCUT2D eigenvalue weighted by molar-refractivity contribution is -0.187. The summed E-state index contributed by atoms with van der Waals surface area (Å²) in [6, 6.07) is 10.0. The van der Waals surface area contributed by atoms with Crippen LogP contribution in [0.2, 0.25) is 0 Å². The quantitative estimate of drug-likeness (QED) is 0.540. The van der Waals surface area contributed by atoms with E-state index >= 15 is 0 Å². The Bertz CT molecular complexity index is 633. The minimum Gasteiger partial charge on any atom is -0.272 e. The molecule has 1 saturated carbocycles. The molecule has 136 valence electrons. The van der Waals surface area contributed by atoms with Gasteiger partial charge in [0.25, 0.3) is 5.91 Å². The first-order chi connectivity index (χ1) is 12.0. The Morgan fingerprint density at radius 2 is 1.92 bits per heavy atom. The van der Waals surface area contributed by atoms with Crippen molar-refractivity contribution < 1.29 is 9.63 Å². The van der Waals surface area contributed by atoms with E-state index in [1.807, 2.05) is 30.3 Å². The van der Waals surface area contributed by atoms with Gasteiger partial charge in [0.1, 0.15) is 6.61 Å². The van der Waals surface area contributed by atoms with Crippen LogP contribution in [-0.4, -0.2) is 17.5 Å². The van der Waals surface area contributed by atoms with Gasteiger partial charge in [-0.2, -0.15) is 0 Å². The number of nitrogens with zero attached hydrogens (tertiary/aromatic N) is 1. The largest absolute Gasteiger partial charge is 0.272 e. The van der Waals surface area contributed by atoms with Gasteiger partial charge in [-0.15, -0.1) is 0 Å². The number of carbonyl (C=O) groups is 1. The van der Waals surface area contributed by atoms with Crippen molar-refractivity contribution in [3.05, 3.63) is 45.0 Å². The summed E-state index contributed by atoms with van der Waals surface area (Å²) in [6.07, 6.45) is 7.47. The maximum atomic E-state index is 13.2. The van der Waals surface area contributed by atoms with E-state index in [0.29, 0.717) is 19.1 Å². The van der Waals surface area contributed by atoms with E-state index in [1.54, 1.807) is 5.06 Å². The third-order valence-corrected chi connectivity index (χ3v) is 6.38. The first kappa shape index (κ1) is 18.9. The van der Waals surface area contributed by atoms with E-state index < -0.39 is 5.41 Å². The molecule has 1 aliphatic carbocycles. The summed E-state index contributed by atoms with van der Waals surface area (Å²) in [5.41, 5.74) is 1.94. The van der Waals surface area contributed by atoms with Gasteiger partial charge in [-0.05, 0) is 63.5 Å². The molecular formula is C21H28INO2. The highest BCUT2D eigenvalue weighted by atomic mass is 127. The molecular weight excluding hydrogens is 425 g/mol. The molecule has 1 saturated heterocycles. The predicted molar refractivity (Wildman–Crippen MR) is 109 cm³/mol. The van der Waals surface area contributed by atoms with E-state index in [-0.39, 0.29) is 5.91 Å². The van der Waals surface area contributed by atoms with Crippen molar-refractivity contribution in [1.82, 2.24) is 5.06 Å². The number of allylic oxidation sites excluding steroid dienone is 1. The Hall–Kier alpha value is -0.880. The topological polar surface area (TPSA) is 29.5 Å². The maximum absolute atomic E-state index is 13.2. The summed E-state index contributed by atoms with van der Waals surface area (Å²) in [6.45, 7) is 5.29. The molecule has 3 nitrogen and oxygen atoms in total. The van der Waals surface area contributed by atoms with Crippen LogP contribution in [0.1, 0.15) is 57.9 Å². The van der Waals surface area contributed by atoms with Crippen LogP contribution in [0.3, 0.4) is 0 Å². The molecule has 1 heterocycles. The third kappa shape index (κ3) is 4.27. The normalized spacial score (nSPS) is 27.0. The molecule has 25 heavy (non-hydrogen) atoms. The Labute approximate surface area is 164 Å². The lowest BCUT2D eigenvalue weighted by Crippen LogP contribution is -2.35. The van der Waals surface area contributed by atoms with E-state index in [1.165, 1.54) is 41.3 Å². The fraction of sp³-hybridized carbons (Fsp3) is 0.571. The summed E-state index contributed by atoms with van der Waals surface area (Å²) in [5, 5.41) is 1.60. The molecule has 0 radical (unpaired) electrons. The first-order valence-electron chi connectivity index (χ1n) is 9.35. The standard InChI is InChI=1S/C21H28INO2/c1-16(22)19-14-23(25-15-18-11-7-4-8-12-18)20(24)21(19,2)13-17-9-5-3-6-10-17/h4,7-8,11-12,17H,3,5-6,9-10,13-15H2,1-2H3/b19-16+. The van der Waals surface area contributed by atoms with Gasteiger partial charge in [-0.3, -0.25) is 9.63 Å². The number of hydrogen-bond donors (Lipinski definition) is 0. The Kier molecular flexibility index (Phi) is 6.21. The van der Waals surface area contributed by atoms with Crippen LogP contribution < -0.4 is 0 Å². The van der Waals surface area contributed by atoms with Crippen LogP contribution in [0.4, 0.5) is 0 Å². The molecule has 2 aliphatic rings. The summed E-state index contributed by atoms with van der Waals surface area (Å²) in [5.74, 6) is 0.808. The van der Waals surface area contributed by atoms with Crippen LogP contribution >= 0.6 is 22.6 Å². The number of benzene rings is 1. The minimum absolute atomic E-state index is 0.139. The smallest absolute Gasteiger partial charge is 0.256 e. The molecule has 0 aromatic heterocycles. The molecule has 1 aliphatic heterocycles. The average molecular weight is 453 g/mol. The van der Waals surface area contributed by atoms with E-state index in [9.17, 15) is 4.79 Å². The van der Waals surface area contributed by atoms with Gasteiger partial charge in [0.05, 0.1) is 12.0 Å². The molecule has 1 unspecified atom stereocenters. The van der Waals surface area contributed by atoms with Crippen molar-refractivity contribution >= 4 is 28.5 Å². The summed E-state index contributed by atoms with van der Waals surface area (Å²) < 4.78 is 1.23. The van der Waals surface area contributed by atoms with Gasteiger partial charge in [-0.1, -0.05) is 62.4 Å². The van der Waals surface area contributed by atoms with Crippen LogP contribution in [0.15, 0.2) is 39.5 Å². The monoisotopic (exact) mass is 453 g/mol. The zero-order chi connectivity index (χ0) is 17.9. The van der Waals surface area contributed by atoms with E-state index in [4.69, 9.17) is 4.84 Å². The van der Waals surface area contributed by atoms with E-state index in [0.717, 1.165) is 12.0 Å². The molecule has 1 amide bonds. The van der Waals surface area contributed by atoms with Crippen molar-refractivity contribution in [1.29, 1.82) is 0 Å². The maximum Gasteiger partial charge on any atom is 0.256 e. The first-order valence-corrected chi connectivity index (χ1v) is 10.4. The Balaban J connectivity index is 1.72. The third-order valence-electron chi connectivity index (χ3n) is 5.73. The average Bonchev–Trinajstić information content (AvgIpc) is 2.86. The fourth-order valence-corrected chi connectivity index (χ4v) is 5.06. The molecule has 1 atom stereocenters. The molecule has 3 rings (SSSR count). The van der Waals surface area contributed by atoms with Crippen molar-refractivity contribution in [3.8, 4) is 0 Å². The zero-order valence-electron chi connectivity index (χ0n) is 15.3. The van der Waals surface area contributed by atoms with Crippen LogP contribution in [0, 0.1) is 11.3 Å². The van der Waals surface area contributed by atoms with Gasteiger partial charge in [-0.25, -0.2) is 5.06 Å². The van der Waals surface area contributed by atoms with Gasteiger partial charge in [0.15, 0.2) is 0 Å². The summed E-state index contributed by atoms with van der Waals surface area (Å²) in [4.78, 5) is 19.1. The SMILES string of the molecule is C/C(I)=C1/CN(OCc2ccccc2)C(=O)C1(C)CC1CCCCC1. The van der Waals surface area contributed by atoms with Crippen LogP contribution in [0.25, 0.3) is 0 Å².